The highest BCUT2D eigenvalue weighted by Gasteiger charge is 2.20. The quantitative estimate of drug-likeness (QED) is 0.786. The Hall–Kier alpha value is -2.17. The fourth-order valence-corrected chi connectivity index (χ4v) is 1.42. The lowest BCUT2D eigenvalue weighted by atomic mass is 10.1. The summed E-state index contributed by atoms with van der Waals surface area (Å²) in [7, 11) is 0. The van der Waals surface area contributed by atoms with Crippen LogP contribution in [0.3, 0.4) is 0 Å². The molecule has 1 atom stereocenters. The molecule has 5 heteroatoms. The summed E-state index contributed by atoms with van der Waals surface area (Å²) in [6.45, 7) is 5.27. The van der Waals surface area contributed by atoms with Crippen molar-refractivity contribution in [3.63, 3.8) is 0 Å². The predicted molar refractivity (Wildman–Crippen MR) is 64.7 cm³/mol. The Morgan fingerprint density at radius 2 is 2.17 bits per heavy atom. The van der Waals surface area contributed by atoms with Crippen molar-refractivity contribution in [1.29, 1.82) is 0 Å². The molecule has 1 aromatic rings. The van der Waals surface area contributed by atoms with Crippen LogP contribution in [-0.4, -0.2) is 23.0 Å². The third kappa shape index (κ3) is 4.01. The van der Waals surface area contributed by atoms with Crippen LogP contribution in [0.1, 0.15) is 23.7 Å². The van der Waals surface area contributed by atoms with E-state index < -0.39 is 23.7 Å². The van der Waals surface area contributed by atoms with Gasteiger partial charge in [-0.3, -0.25) is 4.79 Å². The van der Waals surface area contributed by atoms with Gasteiger partial charge >= 0.3 is 5.97 Å². The van der Waals surface area contributed by atoms with Crippen LogP contribution in [0, 0.1) is 5.82 Å². The molecule has 4 nitrogen and oxygen atoms in total. The lowest BCUT2D eigenvalue weighted by Gasteiger charge is -2.14. The fraction of sp³-hybridized carbons (Fsp3) is 0.231. The topological polar surface area (TPSA) is 66.4 Å². The van der Waals surface area contributed by atoms with Crippen LogP contribution in [-0.2, 0) is 4.79 Å². The number of aliphatic carboxylic acids is 1. The number of carbonyl (C=O) groups is 2. The fourth-order valence-electron chi connectivity index (χ4n) is 1.42. The van der Waals surface area contributed by atoms with Crippen molar-refractivity contribution in [3.05, 3.63) is 47.8 Å². The van der Waals surface area contributed by atoms with Crippen molar-refractivity contribution >= 4 is 11.9 Å². The van der Waals surface area contributed by atoms with Crippen molar-refractivity contribution in [2.45, 2.75) is 19.4 Å². The molecule has 0 aliphatic heterocycles. The summed E-state index contributed by atoms with van der Waals surface area (Å²) in [5.74, 6) is -2.32. The molecule has 2 N–H and O–H groups in total. The molecule has 1 rings (SSSR count). The number of amides is 1. The number of carboxylic acids is 1. The standard InChI is InChI=1S/C13H14FNO3/c1-8(2)6-11(13(17)18)15-12(16)9-4-3-5-10(14)7-9/h3-5,7,11H,1,6H2,2H3,(H,15,16)(H,17,18)/t11-/m0/s1. The molecule has 18 heavy (non-hydrogen) atoms. The number of rotatable bonds is 5. The molecule has 0 bridgehead atoms. The van der Waals surface area contributed by atoms with Gasteiger partial charge in [-0.15, -0.1) is 6.58 Å². The molecule has 0 aromatic heterocycles. The van der Waals surface area contributed by atoms with Gasteiger partial charge < -0.3 is 10.4 Å². The Morgan fingerprint density at radius 3 is 2.67 bits per heavy atom. The van der Waals surface area contributed by atoms with E-state index in [9.17, 15) is 14.0 Å². The maximum absolute atomic E-state index is 12.9. The number of hydrogen-bond acceptors (Lipinski definition) is 2. The number of carboxylic acid groups (broad SMARTS) is 1. The number of nitrogens with one attached hydrogen (secondary N) is 1. The lowest BCUT2D eigenvalue weighted by Crippen LogP contribution is -2.40. The maximum atomic E-state index is 12.9. The zero-order chi connectivity index (χ0) is 13.7. The number of benzene rings is 1. The second kappa shape index (κ2) is 5.95. The molecule has 0 spiro atoms. The van der Waals surface area contributed by atoms with Crippen LogP contribution >= 0.6 is 0 Å². The Bertz CT molecular complexity index is 485. The normalized spacial score (nSPS) is 11.7. The highest BCUT2D eigenvalue weighted by molar-refractivity contribution is 5.96. The van der Waals surface area contributed by atoms with Gasteiger partial charge in [-0.05, 0) is 31.5 Å². The monoisotopic (exact) mass is 251 g/mol. The van der Waals surface area contributed by atoms with Gasteiger partial charge in [0.05, 0.1) is 0 Å². The van der Waals surface area contributed by atoms with E-state index in [-0.39, 0.29) is 12.0 Å². The first kappa shape index (κ1) is 13.9. The third-order valence-electron chi connectivity index (χ3n) is 2.24. The molecular formula is C13H14FNO3. The van der Waals surface area contributed by atoms with Crippen LogP contribution in [0.5, 0.6) is 0 Å². The SMILES string of the molecule is C=C(C)C[C@H](NC(=O)c1cccc(F)c1)C(=O)O. The molecule has 0 saturated carbocycles. The van der Waals surface area contributed by atoms with Gasteiger partial charge in [-0.25, -0.2) is 9.18 Å². The lowest BCUT2D eigenvalue weighted by molar-refractivity contribution is -0.139. The van der Waals surface area contributed by atoms with Crippen LogP contribution in [0.25, 0.3) is 0 Å². The first-order valence-corrected chi connectivity index (χ1v) is 5.33. The van der Waals surface area contributed by atoms with Gasteiger partial charge in [-0.1, -0.05) is 11.6 Å². The molecular weight excluding hydrogens is 237 g/mol. The average Bonchev–Trinajstić information content (AvgIpc) is 2.27. The smallest absolute Gasteiger partial charge is 0.326 e. The average molecular weight is 251 g/mol. The van der Waals surface area contributed by atoms with Crippen molar-refractivity contribution in [1.82, 2.24) is 5.32 Å². The summed E-state index contributed by atoms with van der Waals surface area (Å²) >= 11 is 0. The summed E-state index contributed by atoms with van der Waals surface area (Å²) < 4.78 is 12.9. The Balaban J connectivity index is 2.78. The van der Waals surface area contributed by atoms with E-state index in [1.807, 2.05) is 0 Å². The molecule has 0 saturated heterocycles. The summed E-state index contributed by atoms with van der Waals surface area (Å²) in [5.41, 5.74) is 0.727. The first-order chi connectivity index (χ1) is 8.40. The summed E-state index contributed by atoms with van der Waals surface area (Å²) in [6.07, 6.45) is 0.135. The zero-order valence-corrected chi connectivity index (χ0v) is 9.94. The Labute approximate surface area is 104 Å². The van der Waals surface area contributed by atoms with Crippen LogP contribution < -0.4 is 5.32 Å². The van der Waals surface area contributed by atoms with E-state index in [1.165, 1.54) is 18.2 Å². The van der Waals surface area contributed by atoms with Crippen LogP contribution in [0.4, 0.5) is 4.39 Å². The highest BCUT2D eigenvalue weighted by atomic mass is 19.1. The second-order valence-corrected chi connectivity index (χ2v) is 4.04. The first-order valence-electron chi connectivity index (χ1n) is 5.33. The Morgan fingerprint density at radius 1 is 1.50 bits per heavy atom. The zero-order valence-electron chi connectivity index (χ0n) is 9.94. The second-order valence-electron chi connectivity index (χ2n) is 4.04. The Kier molecular flexibility index (Phi) is 4.59. The molecule has 96 valence electrons. The molecule has 1 aromatic carbocycles. The van der Waals surface area contributed by atoms with Gasteiger partial charge in [0.2, 0.25) is 0 Å². The molecule has 0 heterocycles. The summed E-state index contributed by atoms with van der Waals surface area (Å²) in [5, 5.41) is 11.3. The van der Waals surface area contributed by atoms with Crippen molar-refractivity contribution < 1.29 is 19.1 Å². The molecule has 0 unspecified atom stereocenters. The molecule has 1 amide bonds. The van der Waals surface area contributed by atoms with Crippen LogP contribution in [0.2, 0.25) is 0 Å². The molecule has 0 radical (unpaired) electrons. The van der Waals surface area contributed by atoms with Gasteiger partial charge in [-0.2, -0.15) is 0 Å². The number of carbonyl (C=O) groups excluding carboxylic acids is 1. The van der Waals surface area contributed by atoms with Crippen molar-refractivity contribution in [3.8, 4) is 0 Å². The molecule has 0 aliphatic carbocycles. The third-order valence-corrected chi connectivity index (χ3v) is 2.24. The minimum absolute atomic E-state index is 0.0861. The maximum Gasteiger partial charge on any atom is 0.326 e. The summed E-state index contributed by atoms with van der Waals surface area (Å²) in [6, 6.07) is 4.00. The molecule has 0 aliphatic rings. The van der Waals surface area contributed by atoms with E-state index in [0.717, 1.165) is 6.07 Å². The van der Waals surface area contributed by atoms with E-state index >= 15 is 0 Å². The van der Waals surface area contributed by atoms with E-state index in [2.05, 4.69) is 11.9 Å². The highest BCUT2D eigenvalue weighted by Crippen LogP contribution is 2.06. The van der Waals surface area contributed by atoms with Gasteiger partial charge in [0, 0.05) is 5.56 Å². The largest absolute Gasteiger partial charge is 0.480 e. The van der Waals surface area contributed by atoms with Crippen molar-refractivity contribution in [2.24, 2.45) is 0 Å². The molecule has 0 fully saturated rings. The van der Waals surface area contributed by atoms with E-state index in [1.54, 1.807) is 6.92 Å². The number of hydrogen-bond donors (Lipinski definition) is 2. The minimum Gasteiger partial charge on any atom is -0.480 e. The van der Waals surface area contributed by atoms with Gasteiger partial charge in [0.15, 0.2) is 0 Å². The van der Waals surface area contributed by atoms with E-state index in [4.69, 9.17) is 5.11 Å². The van der Waals surface area contributed by atoms with Crippen LogP contribution in [0.15, 0.2) is 36.4 Å². The van der Waals surface area contributed by atoms with Crippen molar-refractivity contribution in [2.75, 3.05) is 0 Å². The van der Waals surface area contributed by atoms with E-state index in [0.29, 0.717) is 5.57 Å². The summed E-state index contributed by atoms with van der Waals surface area (Å²) in [4.78, 5) is 22.7. The minimum atomic E-state index is -1.15. The van der Waals surface area contributed by atoms with Gasteiger partial charge in [0.1, 0.15) is 11.9 Å². The van der Waals surface area contributed by atoms with Gasteiger partial charge in [0.25, 0.3) is 5.91 Å². The predicted octanol–water partition coefficient (Wildman–Crippen LogP) is 1.97. The number of halogens is 1.